The topological polar surface area (TPSA) is 29.3 Å². The molecule has 0 fully saturated rings. The maximum Gasteiger partial charge on any atom is 0.0727 e. The van der Waals surface area contributed by atoms with Crippen LogP contribution in [0.3, 0.4) is 0 Å². The molecule has 0 aromatic carbocycles. The minimum absolute atomic E-state index is 0.643. The van der Waals surface area contributed by atoms with Crippen molar-refractivity contribution in [2.24, 2.45) is 11.7 Å². The summed E-state index contributed by atoms with van der Waals surface area (Å²) in [6.07, 6.45) is 3.19. The molecular weight excluding hydrogens is 192 g/mol. The Morgan fingerprint density at radius 3 is 2.29 bits per heavy atom. The molecule has 0 aliphatic heterocycles. The van der Waals surface area contributed by atoms with Crippen LogP contribution in [-0.2, 0) is 0 Å². The van der Waals surface area contributed by atoms with Gasteiger partial charge in [-0.3, -0.25) is 0 Å². The molecule has 2 nitrogen and oxygen atoms in total. The van der Waals surface area contributed by atoms with Crippen LogP contribution in [0.15, 0.2) is 0 Å². The number of rotatable bonds is 7. The lowest BCUT2D eigenvalue weighted by molar-refractivity contribution is 0.205. The molecule has 3 heteroatoms. The Kier molecular flexibility index (Phi) is 7.11. The monoisotopic (exact) mass is 216 g/mol. The Labute approximate surface area is 93.8 Å². The molecule has 2 N–H and O–H groups in total. The van der Waals surface area contributed by atoms with Gasteiger partial charge in [0.25, 0.3) is 0 Å². The average molecular weight is 216 g/mol. The third kappa shape index (κ3) is 6.33. The fourth-order valence-electron chi connectivity index (χ4n) is 1.37. The minimum atomic E-state index is 0.643. The van der Waals surface area contributed by atoms with Gasteiger partial charge in [-0.15, -0.1) is 0 Å². The van der Waals surface area contributed by atoms with Crippen molar-refractivity contribution < 1.29 is 0 Å². The number of thiocarbonyl (C=S) groups is 1. The van der Waals surface area contributed by atoms with E-state index in [1.54, 1.807) is 0 Å². The second-order valence-corrected chi connectivity index (χ2v) is 4.91. The van der Waals surface area contributed by atoms with Crippen molar-refractivity contribution in [3.05, 3.63) is 0 Å². The van der Waals surface area contributed by atoms with E-state index < -0.39 is 0 Å². The molecule has 84 valence electrons. The fourth-order valence-corrected chi connectivity index (χ4v) is 1.52. The second kappa shape index (κ2) is 7.18. The van der Waals surface area contributed by atoms with Crippen molar-refractivity contribution in [1.29, 1.82) is 0 Å². The maximum atomic E-state index is 5.44. The second-order valence-electron chi connectivity index (χ2n) is 4.39. The summed E-state index contributed by atoms with van der Waals surface area (Å²) in [7, 11) is 2.19. The molecule has 0 aliphatic carbocycles. The predicted molar refractivity (Wildman–Crippen MR) is 67.6 cm³/mol. The van der Waals surface area contributed by atoms with Gasteiger partial charge >= 0.3 is 0 Å². The lowest BCUT2D eigenvalue weighted by Gasteiger charge is -2.27. The molecule has 0 bridgehead atoms. The van der Waals surface area contributed by atoms with Crippen molar-refractivity contribution >= 4 is 17.2 Å². The fraction of sp³-hybridized carbons (Fsp3) is 0.909. The summed E-state index contributed by atoms with van der Waals surface area (Å²) in [6, 6.07) is 0.653. The Bertz CT molecular complexity index is 169. The van der Waals surface area contributed by atoms with Crippen LogP contribution >= 0.6 is 12.2 Å². The third-order valence-electron chi connectivity index (χ3n) is 2.84. The van der Waals surface area contributed by atoms with Crippen LogP contribution in [0.25, 0.3) is 0 Å². The molecular formula is C11H24N2S. The zero-order valence-electron chi connectivity index (χ0n) is 9.92. The Morgan fingerprint density at radius 2 is 1.86 bits per heavy atom. The lowest BCUT2D eigenvalue weighted by Crippen LogP contribution is -2.34. The van der Waals surface area contributed by atoms with E-state index in [2.05, 4.69) is 32.7 Å². The molecule has 0 heterocycles. The van der Waals surface area contributed by atoms with Crippen LogP contribution in [0.2, 0.25) is 0 Å². The number of unbranched alkanes of at least 4 members (excludes halogenated alkanes) is 1. The Morgan fingerprint density at radius 1 is 1.29 bits per heavy atom. The van der Waals surface area contributed by atoms with Crippen molar-refractivity contribution in [1.82, 2.24) is 4.90 Å². The SMILES string of the molecule is CC(C)C(C)N(C)CCCCC(N)=S. The highest BCUT2D eigenvalue weighted by Gasteiger charge is 2.11. The standard InChI is InChI=1S/C11H24N2S/c1-9(2)10(3)13(4)8-6-5-7-11(12)14/h9-10H,5-8H2,1-4H3,(H2,12,14). The lowest BCUT2D eigenvalue weighted by atomic mass is 10.0. The van der Waals surface area contributed by atoms with Crippen molar-refractivity contribution in [3.63, 3.8) is 0 Å². The molecule has 0 aliphatic rings. The van der Waals surface area contributed by atoms with E-state index in [1.165, 1.54) is 6.42 Å². The van der Waals surface area contributed by atoms with E-state index in [-0.39, 0.29) is 0 Å². The molecule has 0 amide bonds. The van der Waals surface area contributed by atoms with Gasteiger partial charge in [0.15, 0.2) is 0 Å². The zero-order valence-corrected chi connectivity index (χ0v) is 10.7. The van der Waals surface area contributed by atoms with Crippen LogP contribution < -0.4 is 5.73 Å². The van der Waals surface area contributed by atoms with Crippen molar-refractivity contribution in [2.75, 3.05) is 13.6 Å². The normalized spacial score (nSPS) is 13.6. The van der Waals surface area contributed by atoms with Gasteiger partial charge in [0.1, 0.15) is 0 Å². The van der Waals surface area contributed by atoms with Gasteiger partial charge < -0.3 is 10.6 Å². The zero-order chi connectivity index (χ0) is 11.1. The number of hydrogen-bond acceptors (Lipinski definition) is 2. The largest absolute Gasteiger partial charge is 0.393 e. The average Bonchev–Trinajstić information content (AvgIpc) is 2.10. The summed E-state index contributed by atoms with van der Waals surface area (Å²) in [4.78, 5) is 3.05. The van der Waals surface area contributed by atoms with Crippen LogP contribution in [0.1, 0.15) is 40.0 Å². The summed E-state index contributed by atoms with van der Waals surface area (Å²) in [6.45, 7) is 7.94. The molecule has 14 heavy (non-hydrogen) atoms. The summed E-state index contributed by atoms with van der Waals surface area (Å²) < 4.78 is 0. The highest BCUT2D eigenvalue weighted by atomic mass is 32.1. The number of nitrogens with zero attached hydrogens (tertiary/aromatic N) is 1. The minimum Gasteiger partial charge on any atom is -0.393 e. The molecule has 0 saturated heterocycles. The van der Waals surface area contributed by atoms with Crippen LogP contribution in [0, 0.1) is 5.92 Å². The van der Waals surface area contributed by atoms with Gasteiger partial charge in [-0.05, 0) is 45.7 Å². The van der Waals surface area contributed by atoms with Gasteiger partial charge in [0.05, 0.1) is 4.99 Å². The van der Waals surface area contributed by atoms with Gasteiger partial charge in [-0.25, -0.2) is 0 Å². The van der Waals surface area contributed by atoms with Crippen LogP contribution in [0.5, 0.6) is 0 Å². The summed E-state index contributed by atoms with van der Waals surface area (Å²) in [5.74, 6) is 0.718. The van der Waals surface area contributed by atoms with Crippen LogP contribution in [-0.4, -0.2) is 29.5 Å². The molecule has 0 spiro atoms. The van der Waals surface area contributed by atoms with Gasteiger partial charge in [-0.1, -0.05) is 26.1 Å². The first-order chi connectivity index (χ1) is 6.45. The predicted octanol–water partition coefficient (Wildman–Crippen LogP) is 2.42. The first-order valence-electron chi connectivity index (χ1n) is 5.43. The van der Waals surface area contributed by atoms with E-state index in [4.69, 9.17) is 18.0 Å². The first-order valence-corrected chi connectivity index (χ1v) is 5.84. The van der Waals surface area contributed by atoms with E-state index in [9.17, 15) is 0 Å². The first kappa shape index (κ1) is 13.8. The van der Waals surface area contributed by atoms with E-state index in [0.717, 1.165) is 25.3 Å². The number of hydrogen-bond donors (Lipinski definition) is 1. The molecule has 0 aromatic heterocycles. The van der Waals surface area contributed by atoms with Gasteiger partial charge in [-0.2, -0.15) is 0 Å². The summed E-state index contributed by atoms with van der Waals surface area (Å²) in [5.41, 5.74) is 5.44. The molecule has 0 aromatic rings. The van der Waals surface area contributed by atoms with E-state index in [1.807, 2.05) is 0 Å². The van der Waals surface area contributed by atoms with Gasteiger partial charge in [0, 0.05) is 6.04 Å². The van der Waals surface area contributed by atoms with Crippen molar-refractivity contribution in [3.8, 4) is 0 Å². The van der Waals surface area contributed by atoms with E-state index in [0.29, 0.717) is 11.0 Å². The molecule has 0 rings (SSSR count). The van der Waals surface area contributed by atoms with Crippen LogP contribution in [0.4, 0.5) is 0 Å². The third-order valence-corrected chi connectivity index (χ3v) is 3.05. The quantitative estimate of drug-likeness (QED) is 0.523. The van der Waals surface area contributed by atoms with Crippen molar-refractivity contribution in [2.45, 2.75) is 46.1 Å². The Hall–Kier alpha value is -0.150. The molecule has 0 radical (unpaired) electrons. The molecule has 1 atom stereocenters. The molecule has 1 unspecified atom stereocenters. The number of nitrogens with two attached hydrogens (primary N) is 1. The van der Waals surface area contributed by atoms with E-state index >= 15 is 0 Å². The van der Waals surface area contributed by atoms with Gasteiger partial charge in [0.2, 0.25) is 0 Å². The smallest absolute Gasteiger partial charge is 0.0727 e. The summed E-state index contributed by atoms with van der Waals surface area (Å²) in [5, 5.41) is 0. The maximum absolute atomic E-state index is 5.44. The highest BCUT2D eigenvalue weighted by Crippen LogP contribution is 2.09. The molecule has 0 saturated carbocycles. The Balaban J connectivity index is 3.53. The highest BCUT2D eigenvalue weighted by molar-refractivity contribution is 7.80. The summed E-state index contributed by atoms with van der Waals surface area (Å²) >= 11 is 4.83.